The third-order valence-corrected chi connectivity index (χ3v) is 4.51. The van der Waals surface area contributed by atoms with Gasteiger partial charge < -0.3 is 0 Å². The molecular formula is C22H18. The van der Waals surface area contributed by atoms with Gasteiger partial charge in [0.1, 0.15) is 0 Å². The van der Waals surface area contributed by atoms with E-state index in [1.54, 1.807) is 0 Å². The Hall–Kier alpha value is -2.60. The number of hydrogen-bond donors (Lipinski definition) is 0. The molecule has 0 aromatic rings. The molecule has 0 saturated carbocycles. The third-order valence-electron chi connectivity index (χ3n) is 4.51. The molecule has 4 aliphatic rings. The molecule has 0 aliphatic heterocycles. The van der Waals surface area contributed by atoms with E-state index in [-0.39, 0.29) is 0 Å². The minimum Gasteiger partial charge on any atom is -0.0622 e. The minimum absolute atomic E-state index is 1.29. The van der Waals surface area contributed by atoms with Gasteiger partial charge in [-0.15, -0.1) is 0 Å². The fraction of sp³-hybridized carbons (Fsp3) is 0.0909. The molecule has 4 aliphatic carbocycles. The van der Waals surface area contributed by atoms with E-state index < -0.39 is 0 Å². The second-order valence-electron chi connectivity index (χ2n) is 5.99. The van der Waals surface area contributed by atoms with Crippen LogP contribution < -0.4 is 0 Å². The van der Waals surface area contributed by atoms with E-state index in [0.717, 1.165) is 0 Å². The van der Waals surface area contributed by atoms with Gasteiger partial charge >= 0.3 is 0 Å². The average Bonchev–Trinajstić information content (AvgIpc) is 3.05. The van der Waals surface area contributed by atoms with Gasteiger partial charge in [0, 0.05) is 0 Å². The molecule has 0 bridgehead atoms. The molecule has 22 heavy (non-hydrogen) atoms. The first kappa shape index (κ1) is 13.1. The van der Waals surface area contributed by atoms with Crippen LogP contribution in [-0.2, 0) is 0 Å². The first-order valence-electron chi connectivity index (χ1n) is 7.72. The molecule has 0 atom stereocenters. The monoisotopic (exact) mass is 282 g/mol. The topological polar surface area (TPSA) is 0 Å². The van der Waals surface area contributed by atoms with Gasteiger partial charge in [0.2, 0.25) is 0 Å². The Balaban J connectivity index is 2.01. The van der Waals surface area contributed by atoms with Gasteiger partial charge in [-0.2, -0.15) is 0 Å². The van der Waals surface area contributed by atoms with E-state index in [4.69, 9.17) is 0 Å². The Bertz CT molecular complexity index is 865. The van der Waals surface area contributed by atoms with E-state index in [1.807, 2.05) is 0 Å². The van der Waals surface area contributed by atoms with Gasteiger partial charge in [-0.3, -0.25) is 0 Å². The van der Waals surface area contributed by atoms with Crippen LogP contribution in [0.5, 0.6) is 0 Å². The number of rotatable bonds is 1. The molecule has 0 heterocycles. The molecule has 0 radical (unpaired) electrons. The average molecular weight is 282 g/mol. The predicted molar refractivity (Wildman–Crippen MR) is 94.6 cm³/mol. The molecule has 0 spiro atoms. The van der Waals surface area contributed by atoms with Crippen LogP contribution in [0, 0.1) is 13.8 Å². The first-order valence-corrected chi connectivity index (χ1v) is 7.72. The number of hydrogen-bond acceptors (Lipinski definition) is 0. The highest BCUT2D eigenvalue weighted by Crippen LogP contribution is 2.38. The van der Waals surface area contributed by atoms with Crippen LogP contribution in [0.3, 0.4) is 0 Å². The van der Waals surface area contributed by atoms with Crippen LogP contribution in [0.2, 0.25) is 0 Å². The zero-order chi connectivity index (χ0) is 15.1. The van der Waals surface area contributed by atoms with Crippen LogP contribution in [0.1, 0.15) is 11.1 Å². The van der Waals surface area contributed by atoms with Crippen molar-refractivity contribution in [2.24, 2.45) is 0 Å². The summed E-state index contributed by atoms with van der Waals surface area (Å²) >= 11 is 0. The van der Waals surface area contributed by atoms with Crippen molar-refractivity contribution in [3.63, 3.8) is 0 Å². The Kier molecular flexibility index (Phi) is 2.97. The maximum absolute atomic E-state index is 2.32. The standard InChI is InChI=1S/C22H18/c1-15-13-18(14-16(2)20-10-6-9-19(15)20)22-12-11-17-7-4-3-5-8-21(17)22/h3-14H,1-2H3. The van der Waals surface area contributed by atoms with Crippen molar-refractivity contribution >= 4 is 0 Å². The van der Waals surface area contributed by atoms with E-state index in [1.165, 1.54) is 44.5 Å². The lowest BCUT2D eigenvalue weighted by Gasteiger charge is -2.01. The van der Waals surface area contributed by atoms with E-state index in [9.17, 15) is 0 Å². The lowest BCUT2D eigenvalue weighted by molar-refractivity contribution is 1.49. The van der Waals surface area contributed by atoms with Gasteiger partial charge in [-0.05, 0) is 58.4 Å². The maximum atomic E-state index is 2.32. The molecule has 0 saturated heterocycles. The van der Waals surface area contributed by atoms with Gasteiger partial charge in [0.15, 0.2) is 0 Å². The normalized spacial score (nSPS) is 11.2. The van der Waals surface area contributed by atoms with Crippen LogP contribution in [0.4, 0.5) is 0 Å². The summed E-state index contributed by atoms with van der Waals surface area (Å²) in [4.78, 5) is 0. The Morgan fingerprint density at radius 3 is 1.77 bits per heavy atom. The molecule has 0 N–H and O–H groups in total. The largest absolute Gasteiger partial charge is 0.0622 e. The highest BCUT2D eigenvalue weighted by molar-refractivity contribution is 5.88. The Morgan fingerprint density at radius 2 is 1.05 bits per heavy atom. The summed E-state index contributed by atoms with van der Waals surface area (Å²) in [6.45, 7) is 4.41. The molecule has 4 rings (SSSR count). The highest BCUT2D eigenvalue weighted by atomic mass is 14.2. The zero-order valence-electron chi connectivity index (χ0n) is 12.9. The smallest absolute Gasteiger partial charge is 0.0105 e. The predicted octanol–water partition coefficient (Wildman–Crippen LogP) is 6.18. The summed E-state index contributed by atoms with van der Waals surface area (Å²) in [5.41, 5.74) is 10.6. The van der Waals surface area contributed by atoms with Crippen molar-refractivity contribution in [3.05, 3.63) is 83.9 Å². The molecule has 106 valence electrons. The van der Waals surface area contributed by atoms with E-state index in [2.05, 4.69) is 86.6 Å². The Morgan fingerprint density at radius 1 is 0.455 bits per heavy atom. The summed E-state index contributed by atoms with van der Waals surface area (Å²) in [6, 6.07) is 26.3. The minimum atomic E-state index is 1.29. The quantitative estimate of drug-likeness (QED) is 0.391. The van der Waals surface area contributed by atoms with Gasteiger partial charge in [-0.25, -0.2) is 0 Å². The van der Waals surface area contributed by atoms with Gasteiger partial charge in [0.25, 0.3) is 0 Å². The molecular weight excluding hydrogens is 264 g/mol. The van der Waals surface area contributed by atoms with Crippen molar-refractivity contribution in [2.45, 2.75) is 13.8 Å². The number of fused-ring (bicyclic) bond motifs is 2. The van der Waals surface area contributed by atoms with Crippen LogP contribution in [-0.4, -0.2) is 0 Å². The van der Waals surface area contributed by atoms with Crippen LogP contribution in [0.15, 0.2) is 72.8 Å². The van der Waals surface area contributed by atoms with Crippen LogP contribution in [0.25, 0.3) is 33.4 Å². The third kappa shape index (κ3) is 2.00. The van der Waals surface area contributed by atoms with E-state index >= 15 is 0 Å². The summed E-state index contributed by atoms with van der Waals surface area (Å²) in [5, 5.41) is 0. The molecule has 0 amide bonds. The highest BCUT2D eigenvalue weighted by Gasteiger charge is 2.13. The molecule has 0 fully saturated rings. The molecule has 0 unspecified atom stereocenters. The summed E-state index contributed by atoms with van der Waals surface area (Å²) < 4.78 is 0. The van der Waals surface area contributed by atoms with Crippen molar-refractivity contribution in [2.75, 3.05) is 0 Å². The van der Waals surface area contributed by atoms with Gasteiger partial charge in [0.05, 0.1) is 0 Å². The van der Waals surface area contributed by atoms with Crippen molar-refractivity contribution in [1.29, 1.82) is 0 Å². The maximum Gasteiger partial charge on any atom is -0.0105 e. The summed E-state index contributed by atoms with van der Waals surface area (Å²) in [5.74, 6) is 0. The van der Waals surface area contributed by atoms with Crippen molar-refractivity contribution < 1.29 is 0 Å². The zero-order valence-corrected chi connectivity index (χ0v) is 12.9. The fourth-order valence-electron chi connectivity index (χ4n) is 3.39. The van der Waals surface area contributed by atoms with Crippen molar-refractivity contribution in [3.8, 4) is 33.4 Å². The summed E-state index contributed by atoms with van der Waals surface area (Å²) in [6.07, 6.45) is 0. The lowest BCUT2D eigenvalue weighted by Crippen LogP contribution is -1.76. The lowest BCUT2D eigenvalue weighted by atomic mass is 10.0. The first-order chi connectivity index (χ1) is 10.7. The molecule has 0 aromatic heterocycles. The SMILES string of the molecule is Cc1cc(-c2ccc3cccccc2-3)cc(C)c2cccc1-2. The Labute approximate surface area is 131 Å². The van der Waals surface area contributed by atoms with Crippen molar-refractivity contribution in [1.82, 2.24) is 0 Å². The molecule has 0 aromatic carbocycles. The van der Waals surface area contributed by atoms with Crippen LogP contribution >= 0.6 is 0 Å². The second kappa shape index (κ2) is 4.99. The second-order valence-corrected chi connectivity index (χ2v) is 5.99. The molecule has 0 nitrogen and oxygen atoms in total. The number of aryl methyl sites for hydroxylation is 2. The van der Waals surface area contributed by atoms with E-state index in [0.29, 0.717) is 0 Å². The fourth-order valence-corrected chi connectivity index (χ4v) is 3.39. The summed E-state index contributed by atoms with van der Waals surface area (Å²) in [7, 11) is 0. The van der Waals surface area contributed by atoms with Gasteiger partial charge in [-0.1, -0.05) is 72.8 Å². The molecule has 0 heteroatoms.